The first-order chi connectivity index (χ1) is 9.30. The van der Waals surface area contributed by atoms with E-state index in [-0.39, 0.29) is 0 Å². The van der Waals surface area contributed by atoms with Crippen molar-refractivity contribution in [2.45, 2.75) is 45.3 Å². The first-order valence-electron chi connectivity index (χ1n) is 7.06. The molecule has 2 heterocycles. The molecule has 0 spiro atoms. The van der Waals surface area contributed by atoms with Crippen LogP contribution >= 0.6 is 0 Å². The fourth-order valence-electron chi connectivity index (χ4n) is 2.29. The van der Waals surface area contributed by atoms with Gasteiger partial charge in [0.1, 0.15) is 5.60 Å². The average Bonchev–Trinajstić information content (AvgIpc) is 2.90. The van der Waals surface area contributed by atoms with E-state index in [1.54, 1.807) is 0 Å². The van der Waals surface area contributed by atoms with E-state index in [1.807, 2.05) is 6.92 Å². The lowest BCUT2D eigenvalue weighted by Gasteiger charge is -2.33. The molecule has 6 heteroatoms. The molecule has 1 saturated heterocycles. The van der Waals surface area contributed by atoms with Crippen LogP contribution in [0.1, 0.15) is 44.8 Å². The second-order valence-electron chi connectivity index (χ2n) is 4.73. The molecule has 1 aliphatic rings. The molecule has 0 aromatic carbocycles. The van der Waals surface area contributed by atoms with E-state index in [1.165, 1.54) is 0 Å². The second-order valence-corrected chi connectivity index (χ2v) is 4.73. The largest absolute Gasteiger partial charge is 0.381 e. The second kappa shape index (κ2) is 6.98. The number of hydrogen-bond acceptors (Lipinski definition) is 6. The quantitative estimate of drug-likeness (QED) is 0.758. The van der Waals surface area contributed by atoms with Crippen molar-refractivity contribution in [3.8, 4) is 0 Å². The lowest BCUT2D eigenvalue weighted by Crippen LogP contribution is -2.37. The maximum atomic E-state index is 5.91. The molecule has 0 saturated carbocycles. The molecule has 108 valence electrons. The summed E-state index contributed by atoms with van der Waals surface area (Å²) in [6.45, 7) is 7.66. The van der Waals surface area contributed by atoms with E-state index in [0.717, 1.165) is 25.8 Å². The Morgan fingerprint density at radius 2 is 2.11 bits per heavy atom. The van der Waals surface area contributed by atoms with Gasteiger partial charge in [-0.25, -0.2) is 0 Å². The zero-order valence-corrected chi connectivity index (χ0v) is 11.8. The Balaban J connectivity index is 2.04. The van der Waals surface area contributed by atoms with Crippen LogP contribution in [0.3, 0.4) is 0 Å². The van der Waals surface area contributed by atoms with Crippen LogP contribution in [0.2, 0.25) is 0 Å². The molecule has 0 atom stereocenters. The summed E-state index contributed by atoms with van der Waals surface area (Å²) < 4.78 is 16.6. The zero-order chi connectivity index (χ0) is 13.6. The number of ether oxygens (including phenoxy) is 2. The van der Waals surface area contributed by atoms with E-state index in [4.69, 9.17) is 14.0 Å². The van der Waals surface area contributed by atoms with Crippen LogP contribution in [0.4, 0.5) is 0 Å². The van der Waals surface area contributed by atoms with Crippen molar-refractivity contribution in [2.24, 2.45) is 0 Å². The van der Waals surface area contributed by atoms with Gasteiger partial charge in [0, 0.05) is 32.7 Å². The SMILES string of the molecule is CCCNCc1nc(C2(OCC)CCOCC2)no1. The van der Waals surface area contributed by atoms with Crippen molar-refractivity contribution in [2.75, 3.05) is 26.4 Å². The summed E-state index contributed by atoms with van der Waals surface area (Å²) in [7, 11) is 0. The van der Waals surface area contributed by atoms with Crippen LogP contribution in [-0.2, 0) is 21.6 Å². The summed E-state index contributed by atoms with van der Waals surface area (Å²) >= 11 is 0. The third-order valence-electron chi connectivity index (χ3n) is 3.30. The maximum Gasteiger partial charge on any atom is 0.240 e. The predicted molar refractivity (Wildman–Crippen MR) is 69.7 cm³/mol. The number of rotatable bonds is 7. The van der Waals surface area contributed by atoms with E-state index in [0.29, 0.717) is 38.1 Å². The van der Waals surface area contributed by atoms with Crippen molar-refractivity contribution in [3.63, 3.8) is 0 Å². The zero-order valence-electron chi connectivity index (χ0n) is 11.8. The molecule has 2 rings (SSSR count). The van der Waals surface area contributed by atoms with E-state index in [9.17, 15) is 0 Å². The fraction of sp³-hybridized carbons (Fsp3) is 0.846. The standard InChI is InChI=1S/C13H23N3O3/c1-3-7-14-10-11-15-12(16-19-11)13(18-4-2)5-8-17-9-6-13/h14H,3-10H2,1-2H3. The smallest absolute Gasteiger partial charge is 0.240 e. The minimum Gasteiger partial charge on any atom is -0.381 e. The Labute approximate surface area is 113 Å². The van der Waals surface area contributed by atoms with Crippen molar-refractivity contribution >= 4 is 0 Å². The Hall–Kier alpha value is -0.980. The van der Waals surface area contributed by atoms with Gasteiger partial charge in [-0.1, -0.05) is 12.1 Å². The number of hydrogen-bond donors (Lipinski definition) is 1. The number of nitrogens with one attached hydrogen (secondary N) is 1. The molecule has 1 fully saturated rings. The third-order valence-corrected chi connectivity index (χ3v) is 3.30. The first-order valence-corrected chi connectivity index (χ1v) is 7.06. The Kier molecular flexibility index (Phi) is 5.30. The molecule has 6 nitrogen and oxygen atoms in total. The molecule has 1 aliphatic heterocycles. The summed E-state index contributed by atoms with van der Waals surface area (Å²) in [6.07, 6.45) is 2.64. The number of nitrogens with zero attached hydrogens (tertiary/aromatic N) is 2. The molecule has 0 unspecified atom stereocenters. The Morgan fingerprint density at radius 3 is 2.79 bits per heavy atom. The fourth-order valence-corrected chi connectivity index (χ4v) is 2.29. The van der Waals surface area contributed by atoms with E-state index < -0.39 is 5.60 Å². The number of aromatic nitrogens is 2. The summed E-state index contributed by atoms with van der Waals surface area (Å²) in [5.41, 5.74) is -0.431. The molecule has 19 heavy (non-hydrogen) atoms. The van der Waals surface area contributed by atoms with Crippen LogP contribution < -0.4 is 5.32 Å². The van der Waals surface area contributed by atoms with Crippen LogP contribution in [0.25, 0.3) is 0 Å². The van der Waals surface area contributed by atoms with Crippen molar-refractivity contribution in [1.29, 1.82) is 0 Å². The highest BCUT2D eigenvalue weighted by Gasteiger charge is 2.39. The van der Waals surface area contributed by atoms with Crippen molar-refractivity contribution in [3.05, 3.63) is 11.7 Å². The molecule has 1 aromatic heterocycles. The van der Waals surface area contributed by atoms with Gasteiger partial charge in [0.15, 0.2) is 0 Å². The van der Waals surface area contributed by atoms with Gasteiger partial charge in [0.2, 0.25) is 11.7 Å². The molecule has 1 aromatic rings. The van der Waals surface area contributed by atoms with Crippen LogP contribution in [0.5, 0.6) is 0 Å². The highest BCUT2D eigenvalue weighted by atomic mass is 16.5. The Bertz CT molecular complexity index is 369. The van der Waals surface area contributed by atoms with E-state index in [2.05, 4.69) is 22.4 Å². The monoisotopic (exact) mass is 269 g/mol. The van der Waals surface area contributed by atoms with Gasteiger partial charge in [-0.15, -0.1) is 0 Å². The molecule has 0 amide bonds. The van der Waals surface area contributed by atoms with Crippen LogP contribution in [0.15, 0.2) is 4.52 Å². The molecular formula is C13H23N3O3. The maximum absolute atomic E-state index is 5.91. The van der Waals surface area contributed by atoms with Gasteiger partial charge < -0.3 is 19.3 Å². The van der Waals surface area contributed by atoms with E-state index >= 15 is 0 Å². The summed E-state index contributed by atoms with van der Waals surface area (Å²) in [4.78, 5) is 4.48. The van der Waals surface area contributed by atoms with Crippen LogP contribution in [0, 0.1) is 0 Å². The van der Waals surface area contributed by atoms with Gasteiger partial charge in [-0.3, -0.25) is 0 Å². The van der Waals surface area contributed by atoms with Gasteiger partial charge in [-0.05, 0) is 19.9 Å². The molecule has 0 aliphatic carbocycles. The summed E-state index contributed by atoms with van der Waals surface area (Å²) in [5, 5.41) is 7.35. The highest BCUT2D eigenvalue weighted by Crippen LogP contribution is 2.34. The highest BCUT2D eigenvalue weighted by molar-refractivity contribution is 5.03. The normalized spacial score (nSPS) is 18.6. The Morgan fingerprint density at radius 1 is 1.32 bits per heavy atom. The van der Waals surface area contributed by atoms with Crippen molar-refractivity contribution in [1.82, 2.24) is 15.5 Å². The minimum absolute atomic E-state index is 0.431. The lowest BCUT2D eigenvalue weighted by atomic mass is 9.93. The van der Waals surface area contributed by atoms with Gasteiger partial charge in [0.05, 0.1) is 6.54 Å². The van der Waals surface area contributed by atoms with Gasteiger partial charge in [0.25, 0.3) is 0 Å². The third kappa shape index (κ3) is 3.52. The summed E-state index contributed by atoms with van der Waals surface area (Å²) in [6, 6.07) is 0. The topological polar surface area (TPSA) is 69.4 Å². The molecule has 0 bridgehead atoms. The van der Waals surface area contributed by atoms with Gasteiger partial charge >= 0.3 is 0 Å². The molecule has 1 N–H and O–H groups in total. The van der Waals surface area contributed by atoms with Crippen LogP contribution in [-0.4, -0.2) is 36.5 Å². The van der Waals surface area contributed by atoms with Gasteiger partial charge in [-0.2, -0.15) is 4.98 Å². The summed E-state index contributed by atoms with van der Waals surface area (Å²) in [5.74, 6) is 1.28. The molecule has 0 radical (unpaired) electrons. The lowest BCUT2D eigenvalue weighted by molar-refractivity contribution is -0.118. The first kappa shape index (κ1) is 14.4. The molecular weight excluding hydrogens is 246 g/mol. The van der Waals surface area contributed by atoms with Crippen molar-refractivity contribution < 1.29 is 14.0 Å². The predicted octanol–water partition coefficient (Wildman–Crippen LogP) is 1.61. The average molecular weight is 269 g/mol. The minimum atomic E-state index is -0.431.